The molecule has 9 heteroatoms. The van der Waals surface area contributed by atoms with Gasteiger partial charge in [0.25, 0.3) is 0 Å². The number of benzene rings is 1. The summed E-state index contributed by atoms with van der Waals surface area (Å²) >= 11 is 8.88. The summed E-state index contributed by atoms with van der Waals surface area (Å²) in [5.41, 5.74) is 1.25. The summed E-state index contributed by atoms with van der Waals surface area (Å²) in [5, 5.41) is 12.8. The maximum Gasteiger partial charge on any atom is 0.233 e. The number of rotatable bonds is 7. The maximum absolute atomic E-state index is 12.4. The van der Waals surface area contributed by atoms with E-state index in [1.165, 1.54) is 28.7 Å². The van der Waals surface area contributed by atoms with Crippen LogP contribution in [0.5, 0.6) is 0 Å². The van der Waals surface area contributed by atoms with Gasteiger partial charge in [-0.3, -0.25) is 9.69 Å². The molecule has 0 bridgehead atoms. The number of hydrogen-bond donors (Lipinski definition) is 1. The Bertz CT molecular complexity index is 716. The molecule has 1 aliphatic heterocycles. The van der Waals surface area contributed by atoms with E-state index in [-0.39, 0.29) is 5.91 Å². The molecule has 1 aromatic carbocycles. The summed E-state index contributed by atoms with van der Waals surface area (Å²) in [6.45, 7) is 7.05. The zero-order valence-corrected chi connectivity index (χ0v) is 17.0. The first-order valence-electron chi connectivity index (χ1n) is 8.59. The van der Waals surface area contributed by atoms with E-state index in [2.05, 4.69) is 32.5 Å². The summed E-state index contributed by atoms with van der Waals surface area (Å²) in [4.78, 5) is 16.7. The minimum atomic E-state index is 0.168. The molecule has 2 heterocycles. The van der Waals surface area contributed by atoms with Crippen LogP contribution in [0.25, 0.3) is 0 Å². The average molecular weight is 412 g/mol. The highest BCUT2D eigenvalue weighted by atomic mass is 35.5. The van der Waals surface area contributed by atoms with Gasteiger partial charge in [-0.05, 0) is 24.6 Å². The van der Waals surface area contributed by atoms with Gasteiger partial charge in [0.15, 0.2) is 4.34 Å². The van der Waals surface area contributed by atoms with Crippen molar-refractivity contribution in [1.29, 1.82) is 0 Å². The molecule has 1 aromatic heterocycles. The molecule has 1 saturated heterocycles. The summed E-state index contributed by atoms with van der Waals surface area (Å²) in [5.74, 6) is 0.583. The van der Waals surface area contributed by atoms with Crippen LogP contribution >= 0.6 is 34.7 Å². The molecule has 1 aliphatic rings. The smallest absolute Gasteiger partial charge is 0.233 e. The van der Waals surface area contributed by atoms with Crippen molar-refractivity contribution in [2.75, 3.05) is 43.8 Å². The van der Waals surface area contributed by atoms with Crippen molar-refractivity contribution in [2.45, 2.75) is 17.8 Å². The molecule has 1 amide bonds. The Labute approximate surface area is 166 Å². The van der Waals surface area contributed by atoms with Crippen molar-refractivity contribution in [2.24, 2.45) is 0 Å². The molecule has 0 spiro atoms. The monoisotopic (exact) mass is 411 g/mol. The van der Waals surface area contributed by atoms with Gasteiger partial charge in [0.1, 0.15) is 0 Å². The van der Waals surface area contributed by atoms with Gasteiger partial charge in [-0.15, -0.1) is 10.2 Å². The summed E-state index contributed by atoms with van der Waals surface area (Å²) in [7, 11) is 0. The van der Waals surface area contributed by atoms with E-state index in [9.17, 15) is 4.79 Å². The number of aromatic nitrogens is 2. The number of thioether (sulfide) groups is 1. The zero-order valence-electron chi connectivity index (χ0n) is 14.7. The van der Waals surface area contributed by atoms with E-state index in [4.69, 9.17) is 11.6 Å². The number of hydrogen-bond acceptors (Lipinski definition) is 7. The molecule has 6 nitrogen and oxygen atoms in total. The van der Waals surface area contributed by atoms with Gasteiger partial charge in [0.2, 0.25) is 11.0 Å². The first kappa shape index (κ1) is 19.4. The number of nitrogens with one attached hydrogen (secondary N) is 1. The average Bonchev–Trinajstić information content (AvgIpc) is 3.10. The SMILES string of the molecule is CCNc1nnc(SCC(=O)N2CCN(Cc3ccc(Cl)cc3)CC2)s1. The van der Waals surface area contributed by atoms with Crippen LogP contribution in [0.3, 0.4) is 0 Å². The second kappa shape index (κ2) is 9.55. The third kappa shape index (κ3) is 5.57. The van der Waals surface area contributed by atoms with Gasteiger partial charge in [0, 0.05) is 44.3 Å². The molecular weight excluding hydrogens is 390 g/mol. The van der Waals surface area contributed by atoms with Crippen LogP contribution in [0.4, 0.5) is 5.13 Å². The molecule has 0 atom stereocenters. The molecule has 1 fully saturated rings. The fraction of sp³-hybridized carbons (Fsp3) is 0.471. The van der Waals surface area contributed by atoms with E-state index >= 15 is 0 Å². The Hall–Kier alpha value is -1.35. The highest BCUT2D eigenvalue weighted by Gasteiger charge is 2.21. The summed E-state index contributed by atoms with van der Waals surface area (Å²) < 4.78 is 0.829. The van der Waals surface area contributed by atoms with Gasteiger partial charge in [-0.25, -0.2) is 0 Å². The Morgan fingerprint density at radius 1 is 1.23 bits per heavy atom. The highest BCUT2D eigenvalue weighted by molar-refractivity contribution is 8.01. The lowest BCUT2D eigenvalue weighted by Crippen LogP contribution is -2.48. The molecule has 3 rings (SSSR count). The standard InChI is InChI=1S/C17H22ClN5OS2/c1-2-19-16-20-21-17(26-16)25-12-15(24)23-9-7-22(8-10-23)11-13-3-5-14(18)6-4-13/h3-6H,2,7-12H2,1H3,(H,19,20). The quantitative estimate of drug-likeness (QED) is 0.706. The van der Waals surface area contributed by atoms with Crippen LogP contribution in [-0.2, 0) is 11.3 Å². The third-order valence-corrected chi connectivity index (χ3v) is 6.35. The molecule has 1 N–H and O–H groups in total. The number of carbonyl (C=O) groups is 1. The fourth-order valence-electron chi connectivity index (χ4n) is 2.71. The van der Waals surface area contributed by atoms with Crippen molar-refractivity contribution >= 4 is 45.7 Å². The second-order valence-electron chi connectivity index (χ2n) is 5.98. The van der Waals surface area contributed by atoms with Crippen molar-refractivity contribution < 1.29 is 4.79 Å². The number of halogens is 1. The normalized spacial score (nSPS) is 15.2. The zero-order chi connectivity index (χ0) is 18.4. The van der Waals surface area contributed by atoms with Gasteiger partial charge < -0.3 is 10.2 Å². The lowest BCUT2D eigenvalue weighted by molar-refractivity contribution is -0.130. The largest absolute Gasteiger partial charge is 0.360 e. The maximum atomic E-state index is 12.4. The topological polar surface area (TPSA) is 61.4 Å². The van der Waals surface area contributed by atoms with Crippen LogP contribution in [0.15, 0.2) is 28.6 Å². The van der Waals surface area contributed by atoms with Crippen molar-refractivity contribution in [3.05, 3.63) is 34.9 Å². The van der Waals surface area contributed by atoms with Crippen molar-refractivity contribution in [3.63, 3.8) is 0 Å². The number of anilines is 1. The molecular formula is C17H22ClN5OS2. The fourth-order valence-corrected chi connectivity index (χ4v) is 4.56. The van der Waals surface area contributed by atoms with Crippen LogP contribution in [0, 0.1) is 0 Å². The Morgan fingerprint density at radius 2 is 1.96 bits per heavy atom. The Balaban J connectivity index is 1.40. The molecule has 140 valence electrons. The molecule has 2 aromatic rings. The first-order chi connectivity index (χ1) is 12.6. The highest BCUT2D eigenvalue weighted by Crippen LogP contribution is 2.25. The van der Waals surface area contributed by atoms with Gasteiger partial charge >= 0.3 is 0 Å². The van der Waals surface area contributed by atoms with Crippen LogP contribution in [0.2, 0.25) is 5.02 Å². The molecule has 0 radical (unpaired) electrons. The number of piperazine rings is 1. The lowest BCUT2D eigenvalue weighted by atomic mass is 10.2. The van der Waals surface area contributed by atoms with Crippen molar-refractivity contribution in [1.82, 2.24) is 20.0 Å². The van der Waals surface area contributed by atoms with Gasteiger partial charge in [0.05, 0.1) is 5.75 Å². The summed E-state index contributed by atoms with van der Waals surface area (Å²) in [6.07, 6.45) is 0. The molecule has 0 aliphatic carbocycles. The Kier molecular flexibility index (Phi) is 7.13. The predicted molar refractivity (Wildman–Crippen MR) is 108 cm³/mol. The number of carbonyl (C=O) groups excluding carboxylic acids is 1. The van der Waals surface area contributed by atoms with E-state index in [0.29, 0.717) is 5.75 Å². The first-order valence-corrected chi connectivity index (χ1v) is 10.8. The van der Waals surface area contributed by atoms with E-state index in [0.717, 1.165) is 53.8 Å². The lowest BCUT2D eigenvalue weighted by Gasteiger charge is -2.34. The molecule has 26 heavy (non-hydrogen) atoms. The number of amides is 1. The number of nitrogens with zero attached hydrogens (tertiary/aromatic N) is 4. The predicted octanol–water partition coefficient (Wildman–Crippen LogP) is 3.06. The van der Waals surface area contributed by atoms with E-state index in [1.54, 1.807) is 0 Å². The summed E-state index contributed by atoms with van der Waals surface area (Å²) in [6, 6.07) is 7.95. The van der Waals surface area contributed by atoms with Crippen molar-refractivity contribution in [3.8, 4) is 0 Å². The molecule has 0 saturated carbocycles. The van der Waals surface area contributed by atoms with Gasteiger partial charge in [-0.1, -0.05) is 46.8 Å². The molecule has 0 unspecified atom stereocenters. The minimum Gasteiger partial charge on any atom is -0.360 e. The van der Waals surface area contributed by atoms with Crippen LogP contribution in [-0.4, -0.2) is 64.4 Å². The van der Waals surface area contributed by atoms with Crippen LogP contribution in [0.1, 0.15) is 12.5 Å². The third-order valence-electron chi connectivity index (χ3n) is 4.10. The van der Waals surface area contributed by atoms with E-state index in [1.807, 2.05) is 24.0 Å². The van der Waals surface area contributed by atoms with Gasteiger partial charge in [-0.2, -0.15) is 0 Å². The van der Waals surface area contributed by atoms with Crippen LogP contribution < -0.4 is 5.32 Å². The Morgan fingerprint density at radius 3 is 2.65 bits per heavy atom. The second-order valence-corrected chi connectivity index (χ2v) is 8.61. The van der Waals surface area contributed by atoms with E-state index < -0.39 is 0 Å². The minimum absolute atomic E-state index is 0.168.